The number of hydrogen-bond acceptors (Lipinski definition) is 6. The van der Waals surface area contributed by atoms with Gasteiger partial charge in [-0.2, -0.15) is 5.10 Å². The fourth-order valence-electron chi connectivity index (χ4n) is 3.75. The molecule has 0 aliphatic carbocycles. The Balaban J connectivity index is 1.41. The molecule has 0 bridgehead atoms. The molecule has 2 heterocycles. The molecule has 0 radical (unpaired) electrons. The van der Waals surface area contributed by atoms with Crippen LogP contribution in [0.2, 0.25) is 0 Å². The van der Waals surface area contributed by atoms with Gasteiger partial charge in [0.2, 0.25) is 0 Å². The topological polar surface area (TPSA) is 67.4 Å². The predicted octanol–water partition coefficient (Wildman–Crippen LogP) is 6.46. The number of nitrogens with zero attached hydrogens (tertiary/aromatic N) is 3. The number of hydrogen-bond donors (Lipinski definition) is 0. The van der Waals surface area contributed by atoms with Gasteiger partial charge in [-0.3, -0.25) is 9.69 Å². The summed E-state index contributed by atoms with van der Waals surface area (Å²) in [5.74, 6) is 1.22. The zero-order chi connectivity index (χ0) is 24.7. The summed E-state index contributed by atoms with van der Waals surface area (Å²) in [5, 5.41) is 9.09. The Morgan fingerprint density at radius 2 is 1.67 bits per heavy atom. The molecule has 36 heavy (non-hydrogen) atoms. The largest absolute Gasteiger partial charge is 0.496 e. The lowest BCUT2D eigenvalue weighted by molar-refractivity contribution is -0.122. The molecule has 1 saturated heterocycles. The first-order chi connectivity index (χ1) is 17.7. The molecule has 7 heteroatoms. The lowest BCUT2D eigenvalue weighted by Crippen LogP contribution is -2.28. The van der Waals surface area contributed by atoms with Gasteiger partial charge in [0.1, 0.15) is 11.5 Å². The summed E-state index contributed by atoms with van der Waals surface area (Å²) in [6.45, 7) is 0.270. The van der Waals surface area contributed by atoms with Crippen LogP contribution in [0.25, 0.3) is 17.2 Å². The second-order valence-corrected chi connectivity index (χ2v) is 8.95. The highest BCUT2D eigenvalue weighted by Gasteiger charge is 2.34. The van der Waals surface area contributed by atoms with Crippen LogP contribution in [0.4, 0.5) is 0 Å². The molecule has 1 fully saturated rings. The average molecular weight is 494 g/mol. The third-order valence-corrected chi connectivity index (χ3v) is 6.57. The Kier molecular flexibility index (Phi) is 7.10. The molecule has 0 spiro atoms. The number of thioether (sulfide) groups is 1. The van der Waals surface area contributed by atoms with E-state index in [4.69, 9.17) is 9.15 Å². The van der Waals surface area contributed by atoms with Crippen LogP contribution in [0.1, 0.15) is 16.9 Å². The summed E-state index contributed by atoms with van der Waals surface area (Å²) in [7, 11) is 1.61. The molecular weight excluding hydrogens is 470 g/mol. The molecule has 3 aromatic carbocycles. The van der Waals surface area contributed by atoms with E-state index in [2.05, 4.69) is 34.5 Å². The standard InChI is InChI=1S/C29H23N3O3S/c1-34-26-12-6-5-10-24(26)19-30-31-29-32(20-25-11-7-17-35-25)28(33)27(36-29)18-21-13-15-23(16-14-21)22-8-3-2-4-9-22/h2-19H,20H2,1H3/b27-18-,30-19+,31-29-. The van der Waals surface area contributed by atoms with E-state index in [0.29, 0.717) is 21.6 Å². The van der Waals surface area contributed by atoms with Crippen molar-refractivity contribution >= 4 is 35.1 Å². The van der Waals surface area contributed by atoms with E-state index in [0.717, 1.165) is 22.3 Å². The number of para-hydroxylation sites is 1. The molecule has 4 aromatic rings. The van der Waals surface area contributed by atoms with Crippen LogP contribution in [0.15, 0.2) is 117 Å². The van der Waals surface area contributed by atoms with Crippen LogP contribution >= 0.6 is 11.8 Å². The van der Waals surface area contributed by atoms with Crippen LogP contribution in [0.5, 0.6) is 5.75 Å². The first kappa shape index (κ1) is 23.4. The highest BCUT2D eigenvalue weighted by Crippen LogP contribution is 2.34. The van der Waals surface area contributed by atoms with Crippen molar-refractivity contribution < 1.29 is 13.9 Å². The second-order valence-electron chi connectivity index (χ2n) is 7.94. The number of rotatable bonds is 7. The maximum Gasteiger partial charge on any atom is 0.267 e. The van der Waals surface area contributed by atoms with E-state index in [9.17, 15) is 4.79 Å². The first-order valence-electron chi connectivity index (χ1n) is 11.3. The fraction of sp³-hybridized carbons (Fsp3) is 0.0690. The van der Waals surface area contributed by atoms with E-state index in [1.165, 1.54) is 11.8 Å². The van der Waals surface area contributed by atoms with E-state index < -0.39 is 0 Å². The lowest BCUT2D eigenvalue weighted by Gasteiger charge is -2.12. The van der Waals surface area contributed by atoms with Crippen molar-refractivity contribution in [2.24, 2.45) is 10.2 Å². The van der Waals surface area contributed by atoms with E-state index in [1.54, 1.807) is 30.6 Å². The summed E-state index contributed by atoms with van der Waals surface area (Å²) in [5.41, 5.74) is 4.00. The van der Waals surface area contributed by atoms with Crippen molar-refractivity contribution in [3.63, 3.8) is 0 Å². The van der Waals surface area contributed by atoms with Crippen LogP contribution in [-0.4, -0.2) is 29.3 Å². The SMILES string of the molecule is COc1ccccc1/C=N/N=C1\S/C(=C\c2ccc(-c3ccccc3)cc2)C(=O)N1Cc1ccco1. The monoisotopic (exact) mass is 493 g/mol. The van der Waals surface area contributed by atoms with E-state index in [-0.39, 0.29) is 12.5 Å². The molecule has 0 unspecified atom stereocenters. The van der Waals surface area contributed by atoms with Crippen LogP contribution < -0.4 is 4.74 Å². The van der Waals surface area contributed by atoms with Gasteiger partial charge in [-0.15, -0.1) is 5.10 Å². The number of ether oxygens (including phenoxy) is 1. The van der Waals surface area contributed by atoms with Crippen LogP contribution in [0, 0.1) is 0 Å². The fourth-order valence-corrected chi connectivity index (χ4v) is 4.68. The van der Waals surface area contributed by atoms with Crippen molar-refractivity contribution in [1.82, 2.24) is 4.90 Å². The van der Waals surface area contributed by atoms with Gasteiger partial charge in [-0.25, -0.2) is 0 Å². The summed E-state index contributed by atoms with van der Waals surface area (Å²) >= 11 is 1.29. The number of furan rings is 1. The minimum atomic E-state index is -0.144. The van der Waals surface area contributed by atoms with Crippen molar-refractivity contribution in [3.05, 3.63) is 119 Å². The van der Waals surface area contributed by atoms with Crippen molar-refractivity contribution in [2.75, 3.05) is 7.11 Å². The van der Waals surface area contributed by atoms with E-state index >= 15 is 0 Å². The average Bonchev–Trinajstić information content (AvgIpc) is 3.54. The molecular formula is C29H23N3O3S. The Morgan fingerprint density at radius 1 is 0.917 bits per heavy atom. The predicted molar refractivity (Wildman–Crippen MR) is 145 cm³/mol. The summed E-state index contributed by atoms with van der Waals surface area (Å²) < 4.78 is 10.8. The number of carbonyl (C=O) groups is 1. The molecule has 0 atom stereocenters. The molecule has 1 amide bonds. The molecule has 0 N–H and O–H groups in total. The Bertz CT molecular complexity index is 1430. The molecule has 1 aromatic heterocycles. The number of methoxy groups -OCH3 is 1. The van der Waals surface area contributed by atoms with Gasteiger partial charge in [0.15, 0.2) is 5.17 Å². The quantitative estimate of drug-likeness (QED) is 0.168. The summed E-state index contributed by atoms with van der Waals surface area (Å²) in [4.78, 5) is 15.5. The minimum Gasteiger partial charge on any atom is -0.496 e. The normalized spacial score (nSPS) is 15.9. The molecule has 0 saturated carbocycles. The van der Waals surface area contributed by atoms with Crippen molar-refractivity contribution in [2.45, 2.75) is 6.54 Å². The zero-order valence-corrected chi connectivity index (χ0v) is 20.4. The van der Waals surface area contributed by atoms with Gasteiger partial charge >= 0.3 is 0 Å². The summed E-state index contributed by atoms with van der Waals surface area (Å²) in [6, 6.07) is 29.5. The molecule has 6 nitrogen and oxygen atoms in total. The van der Waals surface area contributed by atoms with Gasteiger partial charge in [0.05, 0.1) is 31.0 Å². The molecule has 1 aliphatic rings. The lowest BCUT2D eigenvalue weighted by atomic mass is 10.0. The molecule has 178 valence electrons. The highest BCUT2D eigenvalue weighted by molar-refractivity contribution is 8.18. The second kappa shape index (κ2) is 10.9. The third kappa shape index (κ3) is 5.31. The molecule has 1 aliphatic heterocycles. The maximum atomic E-state index is 13.3. The number of amidine groups is 1. The third-order valence-electron chi connectivity index (χ3n) is 5.58. The Morgan fingerprint density at radius 3 is 2.42 bits per heavy atom. The highest BCUT2D eigenvalue weighted by atomic mass is 32.2. The number of benzene rings is 3. The minimum absolute atomic E-state index is 0.144. The van der Waals surface area contributed by atoms with Crippen LogP contribution in [0.3, 0.4) is 0 Å². The van der Waals surface area contributed by atoms with Crippen molar-refractivity contribution in [3.8, 4) is 16.9 Å². The van der Waals surface area contributed by atoms with Gasteiger partial charge < -0.3 is 9.15 Å². The van der Waals surface area contributed by atoms with Gasteiger partial charge in [0, 0.05) is 5.56 Å². The van der Waals surface area contributed by atoms with Gasteiger partial charge in [-0.1, -0.05) is 66.7 Å². The van der Waals surface area contributed by atoms with Gasteiger partial charge in [0.25, 0.3) is 5.91 Å². The van der Waals surface area contributed by atoms with Gasteiger partial charge in [-0.05, 0) is 58.8 Å². The van der Waals surface area contributed by atoms with Crippen LogP contribution in [-0.2, 0) is 11.3 Å². The van der Waals surface area contributed by atoms with Crippen molar-refractivity contribution in [1.29, 1.82) is 0 Å². The Hall–Kier alpha value is -4.36. The summed E-state index contributed by atoms with van der Waals surface area (Å²) in [6.07, 6.45) is 5.08. The maximum absolute atomic E-state index is 13.3. The number of carbonyl (C=O) groups excluding carboxylic acids is 1. The Labute approximate surface area is 213 Å². The molecule has 5 rings (SSSR count). The van der Waals surface area contributed by atoms with E-state index in [1.807, 2.05) is 66.7 Å². The smallest absolute Gasteiger partial charge is 0.267 e. The zero-order valence-electron chi connectivity index (χ0n) is 19.6. The number of amides is 1. The first-order valence-corrected chi connectivity index (χ1v) is 12.2.